The molecule has 1 aliphatic heterocycles. The number of methoxy groups -OCH3 is 1. The van der Waals surface area contributed by atoms with Crippen molar-refractivity contribution in [1.29, 1.82) is 0 Å². The van der Waals surface area contributed by atoms with Gasteiger partial charge in [0.15, 0.2) is 0 Å². The van der Waals surface area contributed by atoms with Gasteiger partial charge in [-0.3, -0.25) is 14.1 Å². The first-order valence-corrected chi connectivity index (χ1v) is 10.1. The molecule has 3 aromatic rings. The van der Waals surface area contributed by atoms with Gasteiger partial charge in [0.25, 0.3) is 15.6 Å². The molecule has 8 nitrogen and oxygen atoms in total. The van der Waals surface area contributed by atoms with E-state index in [0.29, 0.717) is 17.4 Å². The lowest BCUT2D eigenvalue weighted by atomic mass is 10.2. The van der Waals surface area contributed by atoms with Crippen molar-refractivity contribution in [1.82, 2.24) is 9.55 Å². The van der Waals surface area contributed by atoms with E-state index in [1.807, 2.05) is 0 Å². The van der Waals surface area contributed by atoms with Gasteiger partial charge in [0.05, 0.1) is 28.5 Å². The first-order valence-electron chi connectivity index (χ1n) is 8.64. The van der Waals surface area contributed by atoms with E-state index < -0.39 is 16.0 Å². The van der Waals surface area contributed by atoms with Crippen molar-refractivity contribution in [3.8, 4) is 0 Å². The van der Waals surface area contributed by atoms with E-state index in [1.165, 1.54) is 37.4 Å². The van der Waals surface area contributed by atoms with Crippen LogP contribution < -0.4 is 10.3 Å². The van der Waals surface area contributed by atoms with E-state index in [4.69, 9.17) is 0 Å². The molecule has 2 aromatic carbocycles. The largest absolute Gasteiger partial charge is 0.465 e. The molecule has 0 atom stereocenters. The summed E-state index contributed by atoms with van der Waals surface area (Å²) < 4.78 is 34.0. The summed E-state index contributed by atoms with van der Waals surface area (Å²) in [5, 5.41) is 0.367. The van der Waals surface area contributed by atoms with Gasteiger partial charge in [-0.05, 0) is 48.9 Å². The monoisotopic (exact) mass is 399 g/mol. The third-order valence-electron chi connectivity index (χ3n) is 4.65. The third-order valence-corrected chi connectivity index (χ3v) is 6.05. The maximum absolute atomic E-state index is 12.6. The second-order valence-electron chi connectivity index (χ2n) is 6.44. The number of anilines is 1. The number of nitrogens with zero attached hydrogens (tertiary/aromatic N) is 2. The summed E-state index contributed by atoms with van der Waals surface area (Å²) in [6, 6.07) is 10.1. The van der Waals surface area contributed by atoms with Gasteiger partial charge in [-0.1, -0.05) is 0 Å². The highest BCUT2D eigenvalue weighted by molar-refractivity contribution is 7.92. The van der Waals surface area contributed by atoms with Crippen LogP contribution in [0.4, 0.5) is 5.69 Å². The predicted octanol–water partition coefficient (Wildman–Crippen LogP) is 1.93. The summed E-state index contributed by atoms with van der Waals surface area (Å²) in [6.45, 7) is 0.625. The van der Waals surface area contributed by atoms with Crippen LogP contribution in [0.2, 0.25) is 0 Å². The molecule has 0 aliphatic carbocycles. The van der Waals surface area contributed by atoms with Crippen LogP contribution in [-0.4, -0.2) is 31.0 Å². The van der Waals surface area contributed by atoms with Crippen molar-refractivity contribution in [2.24, 2.45) is 0 Å². The third kappa shape index (κ3) is 3.13. The lowest BCUT2D eigenvalue weighted by Crippen LogP contribution is -2.21. The van der Waals surface area contributed by atoms with E-state index >= 15 is 0 Å². The number of esters is 1. The van der Waals surface area contributed by atoms with Gasteiger partial charge in [0.1, 0.15) is 5.82 Å². The lowest BCUT2D eigenvalue weighted by Gasteiger charge is -2.10. The molecule has 0 unspecified atom stereocenters. The van der Waals surface area contributed by atoms with Crippen LogP contribution in [0.3, 0.4) is 0 Å². The Morgan fingerprint density at radius 1 is 1.18 bits per heavy atom. The highest BCUT2D eigenvalue weighted by Gasteiger charge is 2.18. The number of benzene rings is 2. The highest BCUT2D eigenvalue weighted by Crippen LogP contribution is 2.21. The van der Waals surface area contributed by atoms with Crippen molar-refractivity contribution >= 4 is 32.6 Å². The fourth-order valence-electron chi connectivity index (χ4n) is 3.25. The number of aryl methyl sites for hydroxylation is 1. The van der Waals surface area contributed by atoms with Gasteiger partial charge in [0.2, 0.25) is 0 Å². The van der Waals surface area contributed by atoms with Crippen molar-refractivity contribution in [3.63, 3.8) is 0 Å². The zero-order valence-corrected chi connectivity index (χ0v) is 15.8. The Kier molecular flexibility index (Phi) is 4.38. The summed E-state index contributed by atoms with van der Waals surface area (Å²) >= 11 is 0. The van der Waals surface area contributed by atoms with Crippen LogP contribution in [0.1, 0.15) is 22.6 Å². The number of sulfonamides is 1. The van der Waals surface area contributed by atoms with Crippen molar-refractivity contribution in [3.05, 3.63) is 64.2 Å². The number of carbonyl (C=O) groups excluding carboxylic acids is 1. The Hall–Kier alpha value is -3.20. The number of rotatable bonds is 4. The second kappa shape index (κ2) is 6.75. The number of carbonyl (C=O) groups is 1. The van der Waals surface area contributed by atoms with E-state index in [1.54, 1.807) is 16.7 Å². The SMILES string of the molecule is COC(=O)c1ccc(S(=O)(=O)Nc2ccc3nc4n(c(=O)c3c2)CCC4)cc1. The summed E-state index contributed by atoms with van der Waals surface area (Å²) in [5.41, 5.74) is 0.895. The van der Waals surface area contributed by atoms with E-state index in [9.17, 15) is 18.0 Å². The van der Waals surface area contributed by atoms with E-state index in [-0.39, 0.29) is 21.7 Å². The van der Waals surface area contributed by atoms with Gasteiger partial charge in [-0.15, -0.1) is 0 Å². The number of fused-ring (bicyclic) bond motifs is 2. The molecule has 1 aliphatic rings. The summed E-state index contributed by atoms with van der Waals surface area (Å²) in [5.74, 6) is 0.212. The van der Waals surface area contributed by atoms with Crippen LogP contribution in [0, 0.1) is 0 Å². The Morgan fingerprint density at radius 2 is 1.93 bits per heavy atom. The van der Waals surface area contributed by atoms with Crippen molar-refractivity contribution in [2.75, 3.05) is 11.8 Å². The molecule has 4 rings (SSSR count). The van der Waals surface area contributed by atoms with Gasteiger partial charge in [0, 0.05) is 18.7 Å². The van der Waals surface area contributed by atoms with Crippen LogP contribution in [0.5, 0.6) is 0 Å². The molecule has 1 N–H and O–H groups in total. The van der Waals surface area contributed by atoms with Crippen molar-refractivity contribution in [2.45, 2.75) is 24.3 Å². The molecule has 2 heterocycles. The predicted molar refractivity (Wildman–Crippen MR) is 103 cm³/mol. The molecule has 28 heavy (non-hydrogen) atoms. The molecule has 0 saturated heterocycles. The fourth-order valence-corrected chi connectivity index (χ4v) is 4.30. The molecule has 0 radical (unpaired) electrons. The topological polar surface area (TPSA) is 107 Å². The average Bonchev–Trinajstić information content (AvgIpc) is 3.17. The fraction of sp³-hybridized carbons (Fsp3) is 0.211. The lowest BCUT2D eigenvalue weighted by molar-refractivity contribution is 0.0600. The smallest absolute Gasteiger partial charge is 0.337 e. The van der Waals surface area contributed by atoms with E-state index in [2.05, 4.69) is 14.4 Å². The zero-order chi connectivity index (χ0) is 19.9. The van der Waals surface area contributed by atoms with Crippen molar-refractivity contribution < 1.29 is 17.9 Å². The Balaban J connectivity index is 1.67. The molecule has 0 fully saturated rings. The minimum Gasteiger partial charge on any atom is -0.465 e. The van der Waals surface area contributed by atoms with E-state index in [0.717, 1.165) is 18.7 Å². The Morgan fingerprint density at radius 3 is 2.64 bits per heavy atom. The first-order chi connectivity index (χ1) is 13.4. The number of hydrogen-bond donors (Lipinski definition) is 1. The van der Waals surface area contributed by atoms with Gasteiger partial charge >= 0.3 is 5.97 Å². The standard InChI is InChI=1S/C19H17N3O5S/c1-27-19(24)12-4-7-14(8-5-12)28(25,26)21-13-6-9-16-15(11-13)18(23)22-10-2-3-17(22)20-16/h4-9,11,21H,2-3,10H2,1H3. The quantitative estimate of drug-likeness (QED) is 0.672. The van der Waals surface area contributed by atoms with Crippen LogP contribution >= 0.6 is 0 Å². The molecule has 9 heteroatoms. The Labute approximate surface area is 160 Å². The molecular weight excluding hydrogens is 382 g/mol. The molecule has 0 saturated carbocycles. The highest BCUT2D eigenvalue weighted by atomic mass is 32.2. The summed E-state index contributed by atoms with van der Waals surface area (Å²) in [6.07, 6.45) is 1.64. The second-order valence-corrected chi connectivity index (χ2v) is 8.12. The average molecular weight is 399 g/mol. The summed E-state index contributed by atoms with van der Waals surface area (Å²) in [4.78, 5) is 28.6. The zero-order valence-electron chi connectivity index (χ0n) is 15.0. The number of nitrogens with one attached hydrogen (secondary N) is 1. The number of hydrogen-bond acceptors (Lipinski definition) is 6. The molecule has 0 amide bonds. The first kappa shape index (κ1) is 18.2. The normalized spacial score (nSPS) is 13.3. The van der Waals surface area contributed by atoms with Gasteiger partial charge < -0.3 is 4.74 Å². The van der Waals surface area contributed by atoms with Gasteiger partial charge in [-0.25, -0.2) is 18.2 Å². The maximum atomic E-state index is 12.6. The molecular formula is C19H17N3O5S. The maximum Gasteiger partial charge on any atom is 0.337 e. The van der Waals surface area contributed by atoms with Crippen LogP contribution in [-0.2, 0) is 27.7 Å². The molecule has 144 valence electrons. The molecule has 1 aromatic heterocycles. The minimum atomic E-state index is -3.89. The van der Waals surface area contributed by atoms with Crippen LogP contribution in [0.25, 0.3) is 10.9 Å². The summed E-state index contributed by atoms with van der Waals surface area (Å²) in [7, 11) is -2.64. The number of ether oxygens (including phenoxy) is 1. The Bertz CT molecular complexity index is 1250. The van der Waals surface area contributed by atoms with Gasteiger partial charge in [-0.2, -0.15) is 0 Å². The molecule has 0 bridgehead atoms. The minimum absolute atomic E-state index is 0.0101. The van der Waals surface area contributed by atoms with Crippen LogP contribution in [0.15, 0.2) is 52.2 Å². The number of aromatic nitrogens is 2. The molecule has 0 spiro atoms.